The van der Waals surface area contributed by atoms with Crippen LogP contribution in [0.4, 0.5) is 0 Å². The Hall–Kier alpha value is -0.210. The zero-order valence-corrected chi connectivity index (χ0v) is 15.1. The van der Waals surface area contributed by atoms with E-state index in [2.05, 4.69) is 0 Å². The molecule has 1 fully saturated rings. The van der Waals surface area contributed by atoms with Gasteiger partial charge in [0.05, 0.1) is 24.1 Å². The number of rotatable bonds is 8. The highest BCUT2D eigenvalue weighted by Crippen LogP contribution is 2.34. The Morgan fingerprint density at radius 2 is 1.91 bits per heavy atom. The maximum absolute atomic E-state index is 11.4. The van der Waals surface area contributed by atoms with E-state index in [1.54, 1.807) is 0 Å². The highest BCUT2D eigenvalue weighted by molar-refractivity contribution is 8.17. The summed E-state index contributed by atoms with van der Waals surface area (Å²) in [5, 5.41) is 0. The lowest BCUT2D eigenvalue weighted by atomic mass is 10.2. The first-order valence-corrected chi connectivity index (χ1v) is 11.2. The second-order valence-corrected chi connectivity index (χ2v) is 9.70. The highest BCUT2D eigenvalue weighted by Gasteiger charge is 2.23. The fourth-order valence-electron chi connectivity index (χ4n) is 2.15. The summed E-state index contributed by atoms with van der Waals surface area (Å²) in [6.07, 6.45) is 2.59. The summed E-state index contributed by atoms with van der Waals surface area (Å²) in [5.41, 5.74) is 1.07. The molecule has 1 heterocycles. The number of benzene rings is 1. The summed E-state index contributed by atoms with van der Waals surface area (Å²) in [4.78, 5) is 0. The van der Waals surface area contributed by atoms with Crippen molar-refractivity contribution in [3.63, 3.8) is 0 Å². The third kappa shape index (κ3) is 7.37. The van der Waals surface area contributed by atoms with E-state index in [1.807, 2.05) is 53.9 Å². The number of thioether (sulfide) groups is 2. The predicted octanol–water partition coefficient (Wildman–Crippen LogP) is 3.13. The van der Waals surface area contributed by atoms with Gasteiger partial charge in [-0.25, -0.2) is 0 Å². The van der Waals surface area contributed by atoms with Crippen LogP contribution in [-0.4, -0.2) is 43.5 Å². The molecule has 1 aromatic rings. The highest BCUT2D eigenvalue weighted by atomic mass is 32.2. The number of hydrogen-bond acceptors (Lipinski definition) is 6. The van der Waals surface area contributed by atoms with Gasteiger partial charge in [0.2, 0.25) is 0 Å². The molecule has 0 amide bonds. The van der Waals surface area contributed by atoms with Gasteiger partial charge >= 0.3 is 0 Å². The molecule has 1 aliphatic rings. The van der Waals surface area contributed by atoms with E-state index in [0.717, 1.165) is 23.3 Å². The Labute approximate surface area is 141 Å². The van der Waals surface area contributed by atoms with Gasteiger partial charge in [0.1, 0.15) is 6.10 Å². The van der Waals surface area contributed by atoms with E-state index in [-0.39, 0.29) is 0 Å². The zero-order chi connectivity index (χ0) is 15.8. The van der Waals surface area contributed by atoms with Crippen LogP contribution in [0.2, 0.25) is 0 Å². The lowest BCUT2D eigenvalue weighted by Crippen LogP contribution is -2.27. The molecular formula is C15H22O4S3. The minimum Gasteiger partial charge on any atom is -0.374 e. The predicted molar refractivity (Wildman–Crippen MR) is 93.8 cm³/mol. The fourth-order valence-corrected chi connectivity index (χ4v) is 5.77. The fraction of sp³-hybridized carbons (Fsp3) is 0.600. The van der Waals surface area contributed by atoms with Gasteiger partial charge in [0.15, 0.2) is 0 Å². The van der Waals surface area contributed by atoms with Gasteiger partial charge in [0, 0.05) is 0 Å². The quantitative estimate of drug-likeness (QED) is 0.662. The molecule has 22 heavy (non-hydrogen) atoms. The minimum absolute atomic E-state index is 0.291. The van der Waals surface area contributed by atoms with Crippen molar-refractivity contribution >= 4 is 33.6 Å². The first-order chi connectivity index (χ1) is 10.5. The molecule has 0 spiro atoms. The summed E-state index contributed by atoms with van der Waals surface area (Å²) < 4.78 is 34.1. The number of ether oxygens (including phenoxy) is 1. The average Bonchev–Trinajstić information content (AvgIpc) is 2.48. The molecule has 0 aromatic heterocycles. The molecule has 0 aliphatic carbocycles. The molecule has 0 bridgehead atoms. The Balaban J connectivity index is 1.83. The topological polar surface area (TPSA) is 52.6 Å². The Morgan fingerprint density at radius 1 is 1.23 bits per heavy atom. The molecule has 0 saturated carbocycles. The van der Waals surface area contributed by atoms with Gasteiger partial charge in [-0.15, -0.1) is 23.5 Å². The van der Waals surface area contributed by atoms with Gasteiger partial charge in [-0.05, 0) is 29.9 Å². The van der Waals surface area contributed by atoms with Gasteiger partial charge < -0.3 is 4.74 Å². The summed E-state index contributed by atoms with van der Waals surface area (Å²) in [6, 6.07) is 9.84. The molecular weight excluding hydrogens is 340 g/mol. The first kappa shape index (κ1) is 18.1. The molecule has 0 N–H and O–H groups in total. The van der Waals surface area contributed by atoms with E-state index in [1.165, 1.54) is 6.42 Å². The molecule has 7 heteroatoms. The van der Waals surface area contributed by atoms with Gasteiger partial charge in [0.25, 0.3) is 10.1 Å². The van der Waals surface area contributed by atoms with Gasteiger partial charge in [-0.2, -0.15) is 8.42 Å². The zero-order valence-electron chi connectivity index (χ0n) is 12.6. The molecule has 1 unspecified atom stereocenters. The molecule has 1 saturated heterocycles. The van der Waals surface area contributed by atoms with Crippen LogP contribution in [0.3, 0.4) is 0 Å². The molecule has 1 aromatic carbocycles. The molecule has 124 valence electrons. The second-order valence-electron chi connectivity index (χ2n) is 5.18. The smallest absolute Gasteiger partial charge is 0.264 e. The van der Waals surface area contributed by atoms with Crippen LogP contribution in [0.15, 0.2) is 30.3 Å². The van der Waals surface area contributed by atoms with Crippen LogP contribution in [-0.2, 0) is 25.6 Å². The van der Waals surface area contributed by atoms with Crippen LogP contribution in [0.1, 0.15) is 18.4 Å². The summed E-state index contributed by atoms with van der Waals surface area (Å²) in [6.45, 7) is 0.759. The van der Waals surface area contributed by atoms with Crippen molar-refractivity contribution in [2.75, 3.05) is 24.4 Å². The summed E-state index contributed by atoms with van der Waals surface area (Å²) >= 11 is 3.76. The third-order valence-corrected chi connectivity index (χ3v) is 6.69. The van der Waals surface area contributed by atoms with E-state index >= 15 is 0 Å². The minimum atomic E-state index is -3.47. The Morgan fingerprint density at radius 3 is 2.55 bits per heavy atom. The lowest BCUT2D eigenvalue weighted by Gasteiger charge is -2.25. The van der Waals surface area contributed by atoms with Crippen molar-refractivity contribution in [2.24, 2.45) is 0 Å². The average molecular weight is 363 g/mol. The maximum atomic E-state index is 11.4. The van der Waals surface area contributed by atoms with Crippen molar-refractivity contribution in [1.29, 1.82) is 0 Å². The largest absolute Gasteiger partial charge is 0.374 e. The van der Waals surface area contributed by atoms with Crippen molar-refractivity contribution in [3.8, 4) is 0 Å². The van der Waals surface area contributed by atoms with Crippen LogP contribution in [0, 0.1) is 0 Å². The molecule has 4 nitrogen and oxygen atoms in total. The molecule has 1 aliphatic heterocycles. The van der Waals surface area contributed by atoms with E-state index in [4.69, 9.17) is 8.92 Å². The third-order valence-electron chi connectivity index (χ3n) is 3.08. The van der Waals surface area contributed by atoms with Gasteiger partial charge in [-0.1, -0.05) is 30.3 Å². The molecule has 0 radical (unpaired) electrons. The van der Waals surface area contributed by atoms with Crippen molar-refractivity contribution in [1.82, 2.24) is 0 Å². The Kier molecular flexibility index (Phi) is 7.56. The van der Waals surface area contributed by atoms with Crippen molar-refractivity contribution < 1.29 is 17.3 Å². The molecule has 2 rings (SSSR count). The van der Waals surface area contributed by atoms with E-state index in [0.29, 0.717) is 24.2 Å². The SMILES string of the molecule is CS(=O)(=O)OC(COCc1ccccc1)CC1SCCCS1. The van der Waals surface area contributed by atoms with Crippen LogP contribution in [0.25, 0.3) is 0 Å². The summed E-state index contributed by atoms with van der Waals surface area (Å²) in [7, 11) is -3.47. The van der Waals surface area contributed by atoms with Crippen LogP contribution >= 0.6 is 23.5 Å². The summed E-state index contributed by atoms with van der Waals surface area (Å²) in [5.74, 6) is 2.27. The second kappa shape index (κ2) is 9.17. The van der Waals surface area contributed by atoms with E-state index < -0.39 is 16.2 Å². The standard InChI is InChI=1S/C15H22O4S3/c1-22(16,17)19-14(10-15-20-8-5-9-21-15)12-18-11-13-6-3-2-4-7-13/h2-4,6-7,14-15H,5,8-12H2,1H3. The molecule has 1 atom stereocenters. The van der Waals surface area contributed by atoms with Crippen LogP contribution < -0.4 is 0 Å². The lowest BCUT2D eigenvalue weighted by molar-refractivity contribution is 0.0427. The van der Waals surface area contributed by atoms with E-state index in [9.17, 15) is 8.42 Å². The maximum Gasteiger partial charge on any atom is 0.264 e. The normalized spacial score (nSPS) is 18.2. The van der Waals surface area contributed by atoms with Crippen LogP contribution in [0.5, 0.6) is 0 Å². The Bertz CT molecular complexity index is 527. The number of hydrogen-bond donors (Lipinski definition) is 0. The van der Waals surface area contributed by atoms with Crippen molar-refractivity contribution in [3.05, 3.63) is 35.9 Å². The first-order valence-electron chi connectivity index (χ1n) is 7.26. The van der Waals surface area contributed by atoms with Crippen molar-refractivity contribution in [2.45, 2.75) is 30.1 Å². The monoisotopic (exact) mass is 362 g/mol. The van der Waals surface area contributed by atoms with Gasteiger partial charge in [-0.3, -0.25) is 4.18 Å².